The SMILES string of the molecule is CC(=O)C(CCCCl)CSc1ccccc1. The van der Waals surface area contributed by atoms with Gasteiger partial charge in [0.15, 0.2) is 0 Å². The molecule has 0 saturated carbocycles. The van der Waals surface area contributed by atoms with E-state index in [0.29, 0.717) is 5.88 Å². The van der Waals surface area contributed by atoms with Gasteiger partial charge in [-0.25, -0.2) is 0 Å². The van der Waals surface area contributed by atoms with Crippen molar-refractivity contribution in [3.05, 3.63) is 30.3 Å². The van der Waals surface area contributed by atoms with Gasteiger partial charge in [-0.1, -0.05) is 18.2 Å². The monoisotopic (exact) mass is 256 g/mol. The van der Waals surface area contributed by atoms with E-state index in [1.54, 1.807) is 18.7 Å². The Morgan fingerprint density at radius 1 is 1.38 bits per heavy atom. The van der Waals surface area contributed by atoms with Crippen LogP contribution >= 0.6 is 23.4 Å². The second kappa shape index (κ2) is 7.75. The van der Waals surface area contributed by atoms with Crippen molar-refractivity contribution >= 4 is 29.1 Å². The molecule has 1 aromatic carbocycles. The van der Waals surface area contributed by atoms with Crippen molar-refractivity contribution in [2.45, 2.75) is 24.7 Å². The van der Waals surface area contributed by atoms with E-state index in [2.05, 4.69) is 12.1 Å². The maximum atomic E-state index is 11.4. The average Bonchev–Trinajstić information content (AvgIpc) is 2.30. The molecule has 0 saturated heterocycles. The zero-order valence-electron chi connectivity index (χ0n) is 9.49. The van der Waals surface area contributed by atoms with E-state index in [4.69, 9.17) is 11.6 Å². The summed E-state index contributed by atoms with van der Waals surface area (Å²) < 4.78 is 0. The molecule has 0 aromatic heterocycles. The summed E-state index contributed by atoms with van der Waals surface area (Å²) in [6.07, 6.45) is 1.82. The third kappa shape index (κ3) is 5.04. The number of alkyl halides is 1. The third-order valence-electron chi connectivity index (χ3n) is 2.46. The number of halogens is 1. The van der Waals surface area contributed by atoms with Crippen molar-refractivity contribution in [3.63, 3.8) is 0 Å². The Balaban J connectivity index is 2.41. The molecule has 0 aliphatic carbocycles. The Morgan fingerprint density at radius 2 is 2.06 bits per heavy atom. The Morgan fingerprint density at radius 3 is 2.62 bits per heavy atom. The second-order valence-corrected chi connectivity index (χ2v) is 5.23. The van der Waals surface area contributed by atoms with Gasteiger partial charge in [-0.3, -0.25) is 4.79 Å². The lowest BCUT2D eigenvalue weighted by Crippen LogP contribution is -2.13. The second-order valence-electron chi connectivity index (χ2n) is 3.76. The van der Waals surface area contributed by atoms with Gasteiger partial charge in [-0.05, 0) is 31.9 Å². The molecule has 0 aliphatic heterocycles. The summed E-state index contributed by atoms with van der Waals surface area (Å²) in [5, 5.41) is 0. The molecule has 0 radical (unpaired) electrons. The van der Waals surface area contributed by atoms with Crippen molar-refractivity contribution in [2.24, 2.45) is 5.92 Å². The fraction of sp³-hybridized carbons (Fsp3) is 0.462. The van der Waals surface area contributed by atoms with Crippen LogP contribution in [0.5, 0.6) is 0 Å². The van der Waals surface area contributed by atoms with Crippen LogP contribution in [0.15, 0.2) is 35.2 Å². The highest BCUT2D eigenvalue weighted by atomic mass is 35.5. The molecule has 1 nitrogen and oxygen atoms in total. The van der Waals surface area contributed by atoms with Crippen LogP contribution in [0.25, 0.3) is 0 Å². The van der Waals surface area contributed by atoms with Gasteiger partial charge >= 0.3 is 0 Å². The third-order valence-corrected chi connectivity index (χ3v) is 3.90. The van der Waals surface area contributed by atoms with Crippen LogP contribution < -0.4 is 0 Å². The van der Waals surface area contributed by atoms with Crippen molar-refractivity contribution in [1.29, 1.82) is 0 Å². The number of carbonyl (C=O) groups is 1. The van der Waals surface area contributed by atoms with E-state index in [1.807, 2.05) is 18.2 Å². The van der Waals surface area contributed by atoms with E-state index < -0.39 is 0 Å². The largest absolute Gasteiger partial charge is 0.300 e. The number of rotatable bonds is 7. The summed E-state index contributed by atoms with van der Waals surface area (Å²) in [5.41, 5.74) is 0. The maximum Gasteiger partial charge on any atom is 0.133 e. The lowest BCUT2D eigenvalue weighted by molar-refractivity contribution is -0.120. The van der Waals surface area contributed by atoms with Crippen LogP contribution in [0.1, 0.15) is 19.8 Å². The van der Waals surface area contributed by atoms with Gasteiger partial charge < -0.3 is 0 Å². The molecule has 1 rings (SSSR count). The predicted molar refractivity (Wildman–Crippen MR) is 71.3 cm³/mol. The Bertz CT molecular complexity index is 313. The topological polar surface area (TPSA) is 17.1 Å². The molecule has 88 valence electrons. The van der Waals surface area contributed by atoms with Gasteiger partial charge in [-0.15, -0.1) is 23.4 Å². The number of carbonyl (C=O) groups excluding carboxylic acids is 1. The van der Waals surface area contributed by atoms with Gasteiger partial charge in [0, 0.05) is 22.4 Å². The van der Waals surface area contributed by atoms with Crippen molar-refractivity contribution < 1.29 is 4.79 Å². The summed E-state index contributed by atoms with van der Waals surface area (Å²) in [4.78, 5) is 12.6. The standard InChI is InChI=1S/C13H17ClOS/c1-11(15)12(6-5-9-14)10-16-13-7-3-2-4-8-13/h2-4,7-8,12H,5-6,9-10H2,1H3. The number of thioether (sulfide) groups is 1. The molecular weight excluding hydrogens is 240 g/mol. The van der Waals surface area contributed by atoms with E-state index in [1.165, 1.54) is 4.90 Å². The highest BCUT2D eigenvalue weighted by Crippen LogP contribution is 2.23. The molecule has 0 fully saturated rings. The Labute approximate surface area is 107 Å². The van der Waals surface area contributed by atoms with Gasteiger partial charge in [0.05, 0.1) is 0 Å². The maximum absolute atomic E-state index is 11.4. The van der Waals surface area contributed by atoms with Gasteiger partial charge in [-0.2, -0.15) is 0 Å². The van der Waals surface area contributed by atoms with E-state index in [0.717, 1.165) is 18.6 Å². The van der Waals surface area contributed by atoms with Gasteiger partial charge in [0.1, 0.15) is 5.78 Å². The summed E-state index contributed by atoms with van der Waals surface area (Å²) in [6.45, 7) is 1.67. The molecule has 1 atom stereocenters. The lowest BCUT2D eigenvalue weighted by Gasteiger charge is -2.12. The minimum Gasteiger partial charge on any atom is -0.300 e. The molecule has 0 bridgehead atoms. The van der Waals surface area contributed by atoms with Crippen LogP contribution in [0, 0.1) is 5.92 Å². The smallest absolute Gasteiger partial charge is 0.133 e. The Hall–Kier alpha value is -0.470. The number of hydrogen-bond donors (Lipinski definition) is 0. The summed E-state index contributed by atoms with van der Waals surface area (Å²) in [6, 6.07) is 10.2. The first kappa shape index (κ1) is 13.6. The van der Waals surface area contributed by atoms with Crippen LogP contribution in [0.3, 0.4) is 0 Å². The van der Waals surface area contributed by atoms with Crippen molar-refractivity contribution in [3.8, 4) is 0 Å². The highest BCUT2D eigenvalue weighted by molar-refractivity contribution is 7.99. The molecule has 1 unspecified atom stereocenters. The minimum atomic E-state index is 0.143. The molecule has 0 aliphatic rings. The van der Waals surface area contributed by atoms with Crippen LogP contribution in [-0.4, -0.2) is 17.4 Å². The summed E-state index contributed by atoms with van der Waals surface area (Å²) in [5.74, 6) is 1.91. The fourth-order valence-electron chi connectivity index (χ4n) is 1.44. The quantitative estimate of drug-likeness (QED) is 0.542. The number of Topliss-reactive ketones (excluding diaryl/α,β-unsaturated/α-hetero) is 1. The molecular formula is C13H17ClOS. The zero-order chi connectivity index (χ0) is 11.8. The first-order valence-corrected chi connectivity index (χ1v) is 7.00. The fourth-order valence-corrected chi connectivity index (χ4v) is 2.74. The van der Waals surface area contributed by atoms with E-state index >= 15 is 0 Å². The first-order chi connectivity index (χ1) is 7.74. The molecule has 0 amide bonds. The van der Waals surface area contributed by atoms with Crippen molar-refractivity contribution in [2.75, 3.05) is 11.6 Å². The first-order valence-electron chi connectivity index (χ1n) is 5.48. The molecule has 0 heterocycles. The summed E-state index contributed by atoms with van der Waals surface area (Å²) >= 11 is 7.39. The highest BCUT2D eigenvalue weighted by Gasteiger charge is 2.13. The van der Waals surface area contributed by atoms with Gasteiger partial charge in [0.25, 0.3) is 0 Å². The molecule has 0 N–H and O–H groups in total. The predicted octanol–water partition coefficient (Wildman–Crippen LogP) is 4.00. The number of benzene rings is 1. The normalized spacial score (nSPS) is 12.4. The number of ketones is 1. The molecule has 1 aromatic rings. The van der Waals surface area contributed by atoms with E-state index in [-0.39, 0.29) is 11.7 Å². The summed E-state index contributed by atoms with van der Waals surface area (Å²) in [7, 11) is 0. The molecule has 16 heavy (non-hydrogen) atoms. The van der Waals surface area contributed by atoms with Gasteiger partial charge in [0.2, 0.25) is 0 Å². The van der Waals surface area contributed by atoms with E-state index in [9.17, 15) is 4.79 Å². The molecule has 0 spiro atoms. The van der Waals surface area contributed by atoms with Crippen LogP contribution in [0.2, 0.25) is 0 Å². The Kier molecular flexibility index (Phi) is 6.58. The average molecular weight is 257 g/mol. The zero-order valence-corrected chi connectivity index (χ0v) is 11.1. The molecule has 3 heteroatoms. The van der Waals surface area contributed by atoms with Crippen molar-refractivity contribution in [1.82, 2.24) is 0 Å². The lowest BCUT2D eigenvalue weighted by atomic mass is 10.0. The minimum absolute atomic E-state index is 0.143. The van der Waals surface area contributed by atoms with Crippen LogP contribution in [0.4, 0.5) is 0 Å². The van der Waals surface area contributed by atoms with Crippen LogP contribution in [-0.2, 0) is 4.79 Å². The number of hydrogen-bond acceptors (Lipinski definition) is 2.